The van der Waals surface area contributed by atoms with Gasteiger partial charge in [-0.2, -0.15) is 0 Å². The van der Waals surface area contributed by atoms with Crippen LogP contribution in [0.15, 0.2) is 18.2 Å². The van der Waals surface area contributed by atoms with E-state index in [9.17, 15) is 0 Å². The standard InChI is InChI=1S/C17H27NO/c1-13(2)10-18-11-16-9-4-6-14(3)17(16)19-12-15-7-5-8-15/h4,6,9,13,15,18H,5,7-8,10-12H2,1-3H3. The van der Waals surface area contributed by atoms with E-state index in [1.165, 1.54) is 30.4 Å². The molecule has 0 amide bonds. The third-order valence-electron chi connectivity index (χ3n) is 3.85. The summed E-state index contributed by atoms with van der Waals surface area (Å²) in [5.41, 5.74) is 2.54. The van der Waals surface area contributed by atoms with Crippen molar-refractivity contribution in [3.8, 4) is 5.75 Å². The summed E-state index contributed by atoms with van der Waals surface area (Å²) in [6.07, 6.45) is 4.06. The maximum absolute atomic E-state index is 6.09. The summed E-state index contributed by atoms with van der Waals surface area (Å²) in [5, 5.41) is 3.50. The summed E-state index contributed by atoms with van der Waals surface area (Å²) < 4.78 is 6.09. The second kappa shape index (κ2) is 6.95. The molecule has 0 saturated heterocycles. The van der Waals surface area contributed by atoms with E-state index in [-0.39, 0.29) is 0 Å². The Hall–Kier alpha value is -1.02. The van der Waals surface area contributed by atoms with E-state index in [0.29, 0.717) is 5.92 Å². The Morgan fingerprint density at radius 2 is 2.11 bits per heavy atom. The van der Waals surface area contributed by atoms with E-state index in [2.05, 4.69) is 44.3 Å². The molecule has 0 atom stereocenters. The molecule has 2 rings (SSSR count). The molecule has 2 nitrogen and oxygen atoms in total. The predicted octanol–water partition coefficient (Wildman–Crippen LogP) is 3.92. The first-order valence-electron chi connectivity index (χ1n) is 7.59. The highest BCUT2D eigenvalue weighted by molar-refractivity contribution is 5.40. The lowest BCUT2D eigenvalue weighted by Crippen LogP contribution is -2.22. The molecule has 2 heteroatoms. The number of nitrogens with one attached hydrogen (secondary N) is 1. The minimum atomic E-state index is 0.684. The Bertz CT molecular complexity index is 396. The van der Waals surface area contributed by atoms with Gasteiger partial charge < -0.3 is 10.1 Å². The summed E-state index contributed by atoms with van der Waals surface area (Å²) in [5.74, 6) is 2.57. The fourth-order valence-electron chi connectivity index (χ4n) is 2.42. The van der Waals surface area contributed by atoms with Crippen molar-refractivity contribution >= 4 is 0 Å². The zero-order valence-corrected chi connectivity index (χ0v) is 12.5. The lowest BCUT2D eigenvalue weighted by molar-refractivity contribution is 0.178. The molecule has 106 valence electrons. The first kappa shape index (κ1) is 14.4. The van der Waals surface area contributed by atoms with Crippen LogP contribution in [0.25, 0.3) is 0 Å². The molecule has 19 heavy (non-hydrogen) atoms. The van der Waals surface area contributed by atoms with Crippen LogP contribution in [-0.4, -0.2) is 13.2 Å². The van der Waals surface area contributed by atoms with Crippen molar-refractivity contribution in [2.45, 2.75) is 46.6 Å². The van der Waals surface area contributed by atoms with Crippen LogP contribution < -0.4 is 10.1 Å². The monoisotopic (exact) mass is 261 g/mol. The average Bonchev–Trinajstić information content (AvgIpc) is 2.29. The topological polar surface area (TPSA) is 21.3 Å². The number of para-hydroxylation sites is 1. The molecular formula is C17H27NO. The van der Waals surface area contributed by atoms with Crippen LogP contribution in [0.3, 0.4) is 0 Å². The van der Waals surface area contributed by atoms with Crippen LogP contribution in [0.1, 0.15) is 44.2 Å². The van der Waals surface area contributed by atoms with Crippen LogP contribution >= 0.6 is 0 Å². The Kier molecular flexibility index (Phi) is 5.26. The zero-order chi connectivity index (χ0) is 13.7. The molecule has 0 spiro atoms. The Balaban J connectivity index is 1.93. The largest absolute Gasteiger partial charge is 0.493 e. The molecule has 0 unspecified atom stereocenters. The molecule has 1 fully saturated rings. The Morgan fingerprint density at radius 3 is 2.74 bits per heavy atom. The smallest absolute Gasteiger partial charge is 0.126 e. The summed E-state index contributed by atoms with van der Waals surface area (Å²) in [6.45, 7) is 9.45. The van der Waals surface area contributed by atoms with Crippen LogP contribution in [0, 0.1) is 18.8 Å². The lowest BCUT2D eigenvalue weighted by Gasteiger charge is -2.26. The predicted molar refractivity (Wildman–Crippen MR) is 80.6 cm³/mol. The summed E-state index contributed by atoms with van der Waals surface area (Å²) >= 11 is 0. The molecule has 0 heterocycles. The number of benzene rings is 1. The van der Waals surface area contributed by atoms with Gasteiger partial charge in [0.05, 0.1) is 6.61 Å². The number of hydrogen-bond acceptors (Lipinski definition) is 2. The minimum Gasteiger partial charge on any atom is -0.493 e. The van der Waals surface area contributed by atoms with Gasteiger partial charge >= 0.3 is 0 Å². The van der Waals surface area contributed by atoms with Gasteiger partial charge in [-0.15, -0.1) is 0 Å². The molecule has 1 aromatic carbocycles. The van der Waals surface area contributed by atoms with Gasteiger partial charge in [0.25, 0.3) is 0 Å². The number of ether oxygens (including phenoxy) is 1. The van der Waals surface area contributed by atoms with Gasteiger partial charge in [-0.05, 0) is 43.7 Å². The summed E-state index contributed by atoms with van der Waals surface area (Å²) in [6, 6.07) is 6.44. The number of hydrogen-bond donors (Lipinski definition) is 1. The highest BCUT2D eigenvalue weighted by Gasteiger charge is 2.19. The van der Waals surface area contributed by atoms with Gasteiger partial charge in [-0.3, -0.25) is 0 Å². The van der Waals surface area contributed by atoms with Crippen molar-refractivity contribution in [2.75, 3.05) is 13.2 Å². The van der Waals surface area contributed by atoms with E-state index in [1.807, 2.05) is 0 Å². The van der Waals surface area contributed by atoms with E-state index in [0.717, 1.165) is 31.4 Å². The van der Waals surface area contributed by atoms with Gasteiger partial charge in [0.2, 0.25) is 0 Å². The van der Waals surface area contributed by atoms with E-state index in [4.69, 9.17) is 4.74 Å². The third-order valence-corrected chi connectivity index (χ3v) is 3.85. The van der Waals surface area contributed by atoms with Gasteiger partial charge in [-0.25, -0.2) is 0 Å². The average molecular weight is 261 g/mol. The first-order chi connectivity index (χ1) is 9.16. The zero-order valence-electron chi connectivity index (χ0n) is 12.5. The third kappa shape index (κ3) is 4.24. The molecule has 1 aliphatic rings. The van der Waals surface area contributed by atoms with E-state index in [1.54, 1.807) is 0 Å². The van der Waals surface area contributed by atoms with E-state index >= 15 is 0 Å². The molecule has 0 aliphatic heterocycles. The molecule has 1 aliphatic carbocycles. The highest BCUT2D eigenvalue weighted by Crippen LogP contribution is 2.29. The van der Waals surface area contributed by atoms with Crippen LogP contribution in [0.4, 0.5) is 0 Å². The van der Waals surface area contributed by atoms with Crippen molar-refractivity contribution in [3.63, 3.8) is 0 Å². The fourth-order valence-corrected chi connectivity index (χ4v) is 2.42. The number of rotatable bonds is 7. The van der Waals surface area contributed by atoms with Crippen LogP contribution in [-0.2, 0) is 6.54 Å². The highest BCUT2D eigenvalue weighted by atomic mass is 16.5. The normalized spacial score (nSPS) is 15.6. The van der Waals surface area contributed by atoms with Gasteiger partial charge in [0, 0.05) is 12.1 Å². The van der Waals surface area contributed by atoms with E-state index < -0.39 is 0 Å². The first-order valence-corrected chi connectivity index (χ1v) is 7.59. The molecule has 1 saturated carbocycles. The minimum absolute atomic E-state index is 0.684. The van der Waals surface area contributed by atoms with Gasteiger partial charge in [0.1, 0.15) is 5.75 Å². The fraction of sp³-hybridized carbons (Fsp3) is 0.647. The maximum Gasteiger partial charge on any atom is 0.126 e. The molecular weight excluding hydrogens is 234 g/mol. The van der Waals surface area contributed by atoms with Crippen molar-refractivity contribution < 1.29 is 4.74 Å². The van der Waals surface area contributed by atoms with Crippen LogP contribution in [0.2, 0.25) is 0 Å². The maximum atomic E-state index is 6.09. The molecule has 0 bridgehead atoms. The van der Waals surface area contributed by atoms with Gasteiger partial charge in [0.15, 0.2) is 0 Å². The Morgan fingerprint density at radius 1 is 1.32 bits per heavy atom. The molecule has 1 N–H and O–H groups in total. The van der Waals surface area contributed by atoms with Crippen molar-refractivity contribution in [1.82, 2.24) is 5.32 Å². The van der Waals surface area contributed by atoms with Crippen LogP contribution in [0.5, 0.6) is 5.75 Å². The Labute approximate surface area is 117 Å². The second-order valence-electron chi connectivity index (χ2n) is 6.20. The van der Waals surface area contributed by atoms with Crippen molar-refractivity contribution in [1.29, 1.82) is 0 Å². The van der Waals surface area contributed by atoms with Crippen molar-refractivity contribution in [2.24, 2.45) is 11.8 Å². The van der Waals surface area contributed by atoms with Gasteiger partial charge in [-0.1, -0.05) is 38.5 Å². The number of aryl methyl sites for hydroxylation is 1. The molecule has 0 aromatic heterocycles. The lowest BCUT2D eigenvalue weighted by atomic mass is 9.86. The van der Waals surface area contributed by atoms with Crippen molar-refractivity contribution in [3.05, 3.63) is 29.3 Å². The molecule has 0 radical (unpaired) electrons. The summed E-state index contributed by atoms with van der Waals surface area (Å²) in [4.78, 5) is 0. The molecule has 1 aromatic rings. The summed E-state index contributed by atoms with van der Waals surface area (Å²) in [7, 11) is 0. The quantitative estimate of drug-likeness (QED) is 0.803. The SMILES string of the molecule is Cc1cccc(CNCC(C)C)c1OCC1CCC1. The second-order valence-corrected chi connectivity index (χ2v) is 6.20.